The van der Waals surface area contributed by atoms with Crippen molar-refractivity contribution in [3.63, 3.8) is 0 Å². The van der Waals surface area contributed by atoms with E-state index < -0.39 is 0 Å². The first-order chi connectivity index (χ1) is 13.5. The molecule has 3 aromatic rings. The summed E-state index contributed by atoms with van der Waals surface area (Å²) in [6, 6.07) is 3.68. The van der Waals surface area contributed by atoms with E-state index in [2.05, 4.69) is 15.3 Å². The highest BCUT2D eigenvalue weighted by atomic mass is 32.1. The summed E-state index contributed by atoms with van der Waals surface area (Å²) in [5.74, 6) is 1.61. The predicted molar refractivity (Wildman–Crippen MR) is 107 cm³/mol. The van der Waals surface area contributed by atoms with Crippen LogP contribution in [0.3, 0.4) is 0 Å². The van der Waals surface area contributed by atoms with Crippen molar-refractivity contribution in [3.8, 4) is 5.88 Å². The lowest BCUT2D eigenvalue weighted by Crippen LogP contribution is -2.34. The number of ether oxygens (including phenoxy) is 2. The first kappa shape index (κ1) is 20.2. The van der Waals surface area contributed by atoms with Gasteiger partial charge in [0.25, 0.3) is 5.91 Å². The number of methoxy groups -OCH3 is 2. The molecule has 0 bridgehead atoms. The number of amides is 1. The zero-order valence-electron chi connectivity index (χ0n) is 16.6. The largest absolute Gasteiger partial charge is 0.480 e. The summed E-state index contributed by atoms with van der Waals surface area (Å²) in [5, 5.41) is 3.76. The molecule has 1 N–H and O–H groups in total. The summed E-state index contributed by atoms with van der Waals surface area (Å²) in [6.07, 6.45) is 1.63. The lowest BCUT2D eigenvalue weighted by atomic mass is 10.2. The number of aromatic nitrogens is 2. The van der Waals surface area contributed by atoms with Gasteiger partial charge in [-0.1, -0.05) is 0 Å². The van der Waals surface area contributed by atoms with Gasteiger partial charge in [-0.3, -0.25) is 9.69 Å². The Morgan fingerprint density at radius 2 is 2.14 bits per heavy atom. The lowest BCUT2D eigenvalue weighted by molar-refractivity contribution is 0.0942. The first-order valence-electron chi connectivity index (χ1n) is 8.77. The van der Waals surface area contributed by atoms with E-state index >= 15 is 0 Å². The van der Waals surface area contributed by atoms with Gasteiger partial charge in [-0.2, -0.15) is 4.98 Å². The predicted octanol–water partition coefficient (Wildman–Crippen LogP) is 2.78. The Kier molecular flexibility index (Phi) is 6.28. The van der Waals surface area contributed by atoms with Crippen LogP contribution in [0.15, 0.2) is 22.8 Å². The second kappa shape index (κ2) is 8.68. The van der Waals surface area contributed by atoms with E-state index in [0.29, 0.717) is 28.0 Å². The topological polar surface area (TPSA) is 89.7 Å². The smallest absolute Gasteiger partial charge is 0.261 e. The Hall–Kier alpha value is -2.49. The summed E-state index contributed by atoms with van der Waals surface area (Å²) >= 11 is 1.32. The second-order valence-electron chi connectivity index (χ2n) is 6.52. The number of hydrogen-bond donors (Lipinski definition) is 1. The number of hydrogen-bond acceptors (Lipinski definition) is 8. The molecule has 0 saturated carbocycles. The monoisotopic (exact) mass is 404 g/mol. The summed E-state index contributed by atoms with van der Waals surface area (Å²) in [5.41, 5.74) is 0.803. The second-order valence-corrected chi connectivity index (χ2v) is 7.52. The lowest BCUT2D eigenvalue weighted by Gasteiger charge is -2.22. The number of rotatable bonds is 8. The summed E-state index contributed by atoms with van der Waals surface area (Å²) in [6.45, 7) is 2.58. The van der Waals surface area contributed by atoms with Crippen molar-refractivity contribution in [2.45, 2.75) is 19.6 Å². The van der Waals surface area contributed by atoms with Gasteiger partial charge in [0, 0.05) is 13.7 Å². The average molecular weight is 404 g/mol. The highest BCUT2D eigenvalue weighted by Gasteiger charge is 2.23. The first-order valence-corrected chi connectivity index (χ1v) is 9.58. The van der Waals surface area contributed by atoms with Crippen LogP contribution in [0.2, 0.25) is 0 Å². The zero-order chi connectivity index (χ0) is 20.3. The molecule has 1 unspecified atom stereocenters. The molecule has 0 radical (unpaired) electrons. The van der Waals surface area contributed by atoms with Crippen LogP contribution in [0.25, 0.3) is 10.2 Å². The number of thiophene rings is 1. The molecule has 0 saturated heterocycles. The van der Waals surface area contributed by atoms with Gasteiger partial charge in [0.15, 0.2) is 5.82 Å². The van der Waals surface area contributed by atoms with Gasteiger partial charge in [-0.05, 0) is 38.7 Å². The number of nitrogens with zero attached hydrogens (tertiary/aromatic N) is 3. The van der Waals surface area contributed by atoms with Gasteiger partial charge in [0.05, 0.1) is 29.7 Å². The molecule has 0 aliphatic heterocycles. The third-order valence-corrected chi connectivity index (χ3v) is 5.61. The highest BCUT2D eigenvalue weighted by Crippen LogP contribution is 2.35. The molecule has 1 amide bonds. The van der Waals surface area contributed by atoms with Gasteiger partial charge in [-0.15, -0.1) is 11.3 Å². The molecule has 3 aromatic heterocycles. The zero-order valence-corrected chi connectivity index (χ0v) is 17.4. The fourth-order valence-electron chi connectivity index (χ4n) is 2.99. The van der Waals surface area contributed by atoms with Crippen molar-refractivity contribution in [1.82, 2.24) is 20.2 Å². The maximum atomic E-state index is 12.9. The van der Waals surface area contributed by atoms with Crippen LogP contribution < -0.4 is 10.1 Å². The van der Waals surface area contributed by atoms with Crippen LogP contribution in [-0.4, -0.2) is 55.6 Å². The molecule has 0 spiro atoms. The van der Waals surface area contributed by atoms with Crippen molar-refractivity contribution in [2.75, 3.05) is 34.9 Å². The van der Waals surface area contributed by atoms with Gasteiger partial charge >= 0.3 is 0 Å². The molecule has 9 heteroatoms. The SMILES string of the molecule is COCc1nc(OC)c2c(C)c(C(=O)NCC(c3ccco3)N(C)C)sc2n1. The van der Waals surface area contributed by atoms with Crippen LogP contribution in [0, 0.1) is 6.92 Å². The van der Waals surface area contributed by atoms with Crippen molar-refractivity contribution in [1.29, 1.82) is 0 Å². The minimum absolute atomic E-state index is 0.0590. The molecule has 150 valence electrons. The maximum Gasteiger partial charge on any atom is 0.261 e. The van der Waals surface area contributed by atoms with Crippen LogP contribution >= 0.6 is 11.3 Å². The van der Waals surface area contributed by atoms with Gasteiger partial charge in [0.1, 0.15) is 17.2 Å². The minimum atomic E-state index is -0.158. The third kappa shape index (κ3) is 4.01. The standard InChI is InChI=1S/C19H24N4O4S/c1-11-15-18(26-5)21-14(10-25-4)22-19(15)28-16(11)17(24)20-9-12(23(2)3)13-7-6-8-27-13/h6-8,12H,9-10H2,1-5H3,(H,20,24). The molecule has 8 nitrogen and oxygen atoms in total. The Balaban J connectivity index is 1.86. The number of likely N-dealkylation sites (N-methyl/N-ethyl adjacent to an activating group) is 1. The fraction of sp³-hybridized carbons (Fsp3) is 0.421. The molecule has 1 atom stereocenters. The number of furan rings is 1. The van der Waals surface area contributed by atoms with Crippen LogP contribution in [-0.2, 0) is 11.3 Å². The van der Waals surface area contributed by atoms with E-state index in [1.54, 1.807) is 20.5 Å². The molecule has 0 aromatic carbocycles. The Morgan fingerprint density at radius 1 is 1.36 bits per heavy atom. The molecule has 0 aliphatic rings. The molecule has 3 rings (SSSR count). The fourth-order valence-corrected chi connectivity index (χ4v) is 4.10. The summed E-state index contributed by atoms with van der Waals surface area (Å²) in [7, 11) is 7.03. The summed E-state index contributed by atoms with van der Waals surface area (Å²) in [4.78, 5) is 25.1. The molecular weight excluding hydrogens is 380 g/mol. The van der Waals surface area contributed by atoms with Crippen LogP contribution in [0.4, 0.5) is 0 Å². The number of carbonyl (C=O) groups excluding carboxylic acids is 1. The van der Waals surface area contributed by atoms with E-state index in [-0.39, 0.29) is 18.6 Å². The average Bonchev–Trinajstić information content (AvgIpc) is 3.30. The van der Waals surface area contributed by atoms with Crippen molar-refractivity contribution in [2.24, 2.45) is 0 Å². The summed E-state index contributed by atoms with van der Waals surface area (Å²) < 4.78 is 16.0. The van der Waals surface area contributed by atoms with Crippen molar-refractivity contribution < 1.29 is 18.7 Å². The van der Waals surface area contributed by atoms with Gasteiger partial charge in [0.2, 0.25) is 5.88 Å². The number of fused-ring (bicyclic) bond motifs is 1. The van der Waals surface area contributed by atoms with Gasteiger partial charge in [-0.25, -0.2) is 4.98 Å². The Labute approximate surface area is 167 Å². The van der Waals surface area contributed by atoms with Gasteiger partial charge < -0.3 is 19.2 Å². The van der Waals surface area contributed by atoms with E-state index in [1.807, 2.05) is 38.1 Å². The quantitative estimate of drug-likeness (QED) is 0.617. The molecule has 28 heavy (non-hydrogen) atoms. The highest BCUT2D eigenvalue weighted by molar-refractivity contribution is 7.20. The van der Waals surface area contributed by atoms with E-state index in [0.717, 1.165) is 16.7 Å². The Bertz CT molecular complexity index is 953. The normalized spacial score (nSPS) is 12.5. The molecule has 3 heterocycles. The van der Waals surface area contributed by atoms with E-state index in [9.17, 15) is 4.79 Å². The number of nitrogens with one attached hydrogen (secondary N) is 1. The van der Waals surface area contributed by atoms with Crippen molar-refractivity contribution in [3.05, 3.63) is 40.4 Å². The van der Waals surface area contributed by atoms with Crippen LogP contribution in [0.1, 0.15) is 32.9 Å². The number of carbonyl (C=O) groups is 1. The van der Waals surface area contributed by atoms with E-state index in [1.165, 1.54) is 11.3 Å². The maximum absolute atomic E-state index is 12.9. The molecule has 0 aliphatic carbocycles. The molecular formula is C19H24N4O4S. The van der Waals surface area contributed by atoms with Crippen LogP contribution in [0.5, 0.6) is 5.88 Å². The number of aryl methyl sites for hydroxylation is 1. The van der Waals surface area contributed by atoms with Crippen molar-refractivity contribution >= 4 is 27.5 Å². The minimum Gasteiger partial charge on any atom is -0.480 e. The van der Waals surface area contributed by atoms with E-state index in [4.69, 9.17) is 13.9 Å². The Morgan fingerprint density at radius 3 is 2.75 bits per heavy atom. The molecule has 0 fully saturated rings. The third-order valence-electron chi connectivity index (χ3n) is 4.43.